The summed E-state index contributed by atoms with van der Waals surface area (Å²) in [5.41, 5.74) is 3.37. The van der Waals surface area contributed by atoms with Crippen molar-refractivity contribution in [3.8, 4) is 11.3 Å². The third-order valence-corrected chi connectivity index (χ3v) is 3.63. The van der Waals surface area contributed by atoms with Gasteiger partial charge in [0.05, 0.1) is 5.76 Å². The molecule has 0 bridgehead atoms. The molecule has 0 unspecified atom stereocenters. The van der Waals surface area contributed by atoms with Crippen molar-refractivity contribution in [2.24, 2.45) is 0 Å². The first kappa shape index (κ1) is 21.8. The SMILES string of the molecule is CC(=O)C=C(C)O.CCc1c[c-]c(-c2nccc3ccccc23)cc1.[Ir]. The van der Waals surface area contributed by atoms with Gasteiger partial charge in [0.1, 0.15) is 0 Å². The number of hydrogen-bond donors (Lipinski definition) is 1. The Labute approximate surface area is 168 Å². The van der Waals surface area contributed by atoms with Crippen molar-refractivity contribution >= 4 is 16.6 Å². The molecule has 2 aromatic carbocycles. The number of ketones is 1. The zero-order chi connectivity index (χ0) is 18.2. The van der Waals surface area contributed by atoms with E-state index in [9.17, 15) is 4.79 Å². The average molecular weight is 525 g/mol. The number of hydrogen-bond acceptors (Lipinski definition) is 3. The van der Waals surface area contributed by atoms with E-state index in [-0.39, 0.29) is 31.6 Å². The summed E-state index contributed by atoms with van der Waals surface area (Å²) < 4.78 is 0. The Hall–Kier alpha value is -2.29. The van der Waals surface area contributed by atoms with Crippen LogP contribution in [0.25, 0.3) is 22.0 Å². The molecule has 1 heterocycles. The molecule has 3 aromatic rings. The van der Waals surface area contributed by atoms with Gasteiger partial charge in [-0.05, 0) is 36.4 Å². The summed E-state index contributed by atoms with van der Waals surface area (Å²) in [6.45, 7) is 5.00. The number of allylic oxidation sites excluding steroid dienone is 2. The molecule has 3 rings (SSSR count). The summed E-state index contributed by atoms with van der Waals surface area (Å²) in [6.07, 6.45) is 4.07. The zero-order valence-electron chi connectivity index (χ0n) is 15.1. The van der Waals surface area contributed by atoms with E-state index in [4.69, 9.17) is 5.11 Å². The summed E-state index contributed by atoms with van der Waals surface area (Å²) in [5, 5.41) is 10.8. The molecule has 1 radical (unpaired) electrons. The molecule has 0 saturated carbocycles. The van der Waals surface area contributed by atoms with Crippen molar-refractivity contribution in [3.05, 3.63) is 78.2 Å². The molecule has 0 aliphatic rings. The van der Waals surface area contributed by atoms with Crippen LogP contribution in [0.4, 0.5) is 0 Å². The predicted octanol–water partition coefficient (Wildman–Crippen LogP) is 5.30. The summed E-state index contributed by atoms with van der Waals surface area (Å²) >= 11 is 0. The normalized spacial score (nSPS) is 10.5. The summed E-state index contributed by atoms with van der Waals surface area (Å²) in [6, 6.07) is 20.0. The Morgan fingerprint density at radius 3 is 2.42 bits per heavy atom. The number of carbonyl (C=O) groups is 1. The average Bonchev–Trinajstić information content (AvgIpc) is 2.61. The van der Waals surface area contributed by atoms with Crippen molar-refractivity contribution in [1.82, 2.24) is 4.98 Å². The van der Waals surface area contributed by atoms with Crippen LogP contribution in [0.2, 0.25) is 0 Å². The second kappa shape index (κ2) is 10.6. The Bertz CT molecular complexity index is 877. The third-order valence-electron chi connectivity index (χ3n) is 3.63. The molecule has 0 aliphatic carbocycles. The molecule has 0 atom stereocenters. The molecular weight excluding hydrogens is 502 g/mol. The maximum Gasteiger partial charge on any atom is 0.155 e. The van der Waals surface area contributed by atoms with E-state index < -0.39 is 0 Å². The standard InChI is InChI=1S/C17H14N.C5H8O2.Ir/c1-2-13-7-9-15(10-8-13)17-16-6-4-3-5-14(16)11-12-18-17;1-4(6)3-5(2)7;/h3-9,11-12H,2H2,1H3;3,6H,1-2H3;/q-1;;. The molecule has 0 fully saturated rings. The largest absolute Gasteiger partial charge is 0.512 e. The number of aromatic nitrogens is 1. The number of carbonyl (C=O) groups excluding carboxylic acids is 1. The van der Waals surface area contributed by atoms with Gasteiger partial charge < -0.3 is 10.1 Å². The van der Waals surface area contributed by atoms with Gasteiger partial charge in [0.15, 0.2) is 5.78 Å². The molecule has 0 aliphatic heterocycles. The number of pyridine rings is 1. The monoisotopic (exact) mass is 525 g/mol. The van der Waals surface area contributed by atoms with E-state index in [0.717, 1.165) is 17.7 Å². The quantitative estimate of drug-likeness (QED) is 0.288. The maximum atomic E-state index is 10.0. The van der Waals surface area contributed by atoms with Crippen LogP contribution in [0.5, 0.6) is 0 Å². The van der Waals surface area contributed by atoms with Crippen molar-refractivity contribution in [2.45, 2.75) is 27.2 Å². The number of aliphatic hydroxyl groups excluding tert-OH is 1. The van der Waals surface area contributed by atoms with Crippen LogP contribution in [0.1, 0.15) is 26.3 Å². The van der Waals surface area contributed by atoms with Gasteiger partial charge in [-0.2, -0.15) is 0 Å². The number of rotatable bonds is 3. The first-order valence-corrected chi connectivity index (χ1v) is 8.23. The molecule has 4 heteroatoms. The minimum Gasteiger partial charge on any atom is -0.512 e. The van der Waals surface area contributed by atoms with E-state index in [1.807, 2.05) is 18.3 Å². The number of aryl methyl sites for hydroxylation is 1. The number of benzene rings is 2. The van der Waals surface area contributed by atoms with Crippen molar-refractivity contribution < 1.29 is 30.0 Å². The van der Waals surface area contributed by atoms with Gasteiger partial charge in [-0.15, -0.1) is 35.4 Å². The molecule has 0 saturated heterocycles. The molecule has 137 valence electrons. The van der Waals surface area contributed by atoms with E-state index >= 15 is 0 Å². The smallest absolute Gasteiger partial charge is 0.155 e. The minimum atomic E-state index is -0.125. The molecule has 0 amide bonds. The number of nitrogens with zero attached hydrogens (tertiary/aromatic N) is 1. The van der Waals surface area contributed by atoms with Gasteiger partial charge in [0.25, 0.3) is 0 Å². The van der Waals surface area contributed by atoms with Gasteiger partial charge in [-0.25, -0.2) is 0 Å². The van der Waals surface area contributed by atoms with Gasteiger partial charge >= 0.3 is 0 Å². The third kappa shape index (κ3) is 6.21. The van der Waals surface area contributed by atoms with Crippen LogP contribution in [-0.4, -0.2) is 15.9 Å². The number of fused-ring (bicyclic) bond motifs is 1. The van der Waals surface area contributed by atoms with Crippen LogP contribution < -0.4 is 0 Å². The van der Waals surface area contributed by atoms with Crippen LogP contribution in [0, 0.1) is 6.07 Å². The molecule has 1 N–H and O–H groups in total. The topological polar surface area (TPSA) is 50.2 Å². The molecule has 1 aromatic heterocycles. The second-order valence-electron chi connectivity index (χ2n) is 5.74. The Balaban J connectivity index is 0.000000366. The van der Waals surface area contributed by atoms with Crippen LogP contribution in [-0.2, 0) is 31.3 Å². The van der Waals surface area contributed by atoms with Gasteiger partial charge in [-0.1, -0.05) is 37.6 Å². The first-order chi connectivity index (χ1) is 12.0. The second-order valence-corrected chi connectivity index (χ2v) is 5.74. The fourth-order valence-electron chi connectivity index (χ4n) is 2.45. The zero-order valence-corrected chi connectivity index (χ0v) is 17.5. The van der Waals surface area contributed by atoms with Crippen LogP contribution in [0.3, 0.4) is 0 Å². The Morgan fingerprint density at radius 1 is 1.15 bits per heavy atom. The predicted molar refractivity (Wildman–Crippen MR) is 102 cm³/mol. The summed E-state index contributed by atoms with van der Waals surface area (Å²) in [5.74, 6) is -0.0625. The number of aliphatic hydroxyl groups is 1. The molecule has 3 nitrogen and oxygen atoms in total. The molecular formula is C22H22IrNO2-. The maximum absolute atomic E-state index is 10.0. The van der Waals surface area contributed by atoms with Crippen LogP contribution in [0.15, 0.2) is 66.6 Å². The van der Waals surface area contributed by atoms with Crippen LogP contribution >= 0.6 is 0 Å². The van der Waals surface area contributed by atoms with E-state index in [1.165, 1.54) is 36.3 Å². The molecule has 26 heavy (non-hydrogen) atoms. The van der Waals surface area contributed by atoms with E-state index in [2.05, 4.69) is 54.4 Å². The van der Waals surface area contributed by atoms with Gasteiger partial charge in [-0.3, -0.25) is 4.79 Å². The van der Waals surface area contributed by atoms with Crippen molar-refractivity contribution in [3.63, 3.8) is 0 Å². The van der Waals surface area contributed by atoms with E-state index in [1.54, 1.807) is 0 Å². The molecule has 0 spiro atoms. The summed E-state index contributed by atoms with van der Waals surface area (Å²) in [4.78, 5) is 14.5. The van der Waals surface area contributed by atoms with Gasteiger partial charge in [0.2, 0.25) is 0 Å². The van der Waals surface area contributed by atoms with Gasteiger partial charge in [0, 0.05) is 32.4 Å². The van der Waals surface area contributed by atoms with E-state index in [0.29, 0.717) is 0 Å². The Morgan fingerprint density at radius 2 is 1.88 bits per heavy atom. The Kier molecular flexibility index (Phi) is 8.91. The minimum absolute atomic E-state index is 0. The fraction of sp³-hybridized carbons (Fsp3) is 0.182. The first-order valence-electron chi connectivity index (χ1n) is 8.23. The van der Waals surface area contributed by atoms with Crippen molar-refractivity contribution in [2.75, 3.05) is 0 Å². The fourth-order valence-corrected chi connectivity index (χ4v) is 2.45. The van der Waals surface area contributed by atoms with Crippen molar-refractivity contribution in [1.29, 1.82) is 0 Å². The summed E-state index contributed by atoms with van der Waals surface area (Å²) in [7, 11) is 0.